The maximum Gasteiger partial charge on any atom is 0.275 e. The Bertz CT molecular complexity index is 1150. The number of primary amides is 1. The lowest BCUT2D eigenvalue weighted by Crippen LogP contribution is -2.12. The number of carbonyl (C=O) groups excluding carboxylic acids is 2. The molecule has 3 heterocycles. The van der Waals surface area contributed by atoms with Crippen LogP contribution in [0.5, 0.6) is 11.6 Å². The monoisotopic (exact) mass is 422 g/mol. The number of nitrogens with zero attached hydrogens (tertiary/aromatic N) is 2. The van der Waals surface area contributed by atoms with Gasteiger partial charge < -0.3 is 15.8 Å². The van der Waals surface area contributed by atoms with Gasteiger partial charge in [-0.05, 0) is 35.7 Å². The first-order valence-corrected chi connectivity index (χ1v) is 10.2. The van der Waals surface area contributed by atoms with Crippen molar-refractivity contribution in [3.8, 4) is 22.2 Å². The van der Waals surface area contributed by atoms with Crippen LogP contribution in [0.2, 0.25) is 0 Å². The van der Waals surface area contributed by atoms with E-state index in [9.17, 15) is 9.59 Å². The molecule has 1 aromatic carbocycles. The quantitative estimate of drug-likeness (QED) is 0.479. The van der Waals surface area contributed by atoms with E-state index in [1.165, 1.54) is 23.6 Å². The van der Waals surface area contributed by atoms with Crippen LogP contribution < -0.4 is 15.8 Å². The summed E-state index contributed by atoms with van der Waals surface area (Å²) in [5.74, 6) is -0.0925. The van der Waals surface area contributed by atoms with E-state index >= 15 is 0 Å². The minimum absolute atomic E-state index is 0.313. The van der Waals surface area contributed by atoms with Gasteiger partial charge in [0.25, 0.3) is 5.91 Å². The van der Waals surface area contributed by atoms with Crippen molar-refractivity contribution in [2.45, 2.75) is 0 Å². The summed E-state index contributed by atoms with van der Waals surface area (Å²) in [7, 11) is 0. The Hall–Kier alpha value is -3.56. The van der Waals surface area contributed by atoms with Gasteiger partial charge in [0.1, 0.15) is 16.5 Å². The molecular weight excluding hydrogens is 408 g/mol. The molecule has 3 aromatic heterocycles. The van der Waals surface area contributed by atoms with Crippen molar-refractivity contribution < 1.29 is 14.3 Å². The molecule has 0 bridgehead atoms. The molecule has 29 heavy (non-hydrogen) atoms. The van der Waals surface area contributed by atoms with Gasteiger partial charge in [0.2, 0.25) is 11.8 Å². The van der Waals surface area contributed by atoms with Crippen LogP contribution in [-0.2, 0) is 0 Å². The molecule has 7 nitrogen and oxygen atoms in total. The van der Waals surface area contributed by atoms with E-state index in [1.54, 1.807) is 47.0 Å². The number of benzene rings is 1. The van der Waals surface area contributed by atoms with Gasteiger partial charge in [-0.1, -0.05) is 6.07 Å². The number of hydrogen-bond acceptors (Lipinski definition) is 7. The second-order valence-electron chi connectivity index (χ2n) is 5.88. The molecule has 0 atom stereocenters. The first-order chi connectivity index (χ1) is 14.1. The van der Waals surface area contributed by atoms with E-state index in [4.69, 9.17) is 10.5 Å². The third kappa shape index (κ3) is 4.48. The molecule has 0 aliphatic carbocycles. The van der Waals surface area contributed by atoms with Crippen LogP contribution in [-0.4, -0.2) is 21.8 Å². The van der Waals surface area contributed by atoms with Gasteiger partial charge in [-0.25, -0.2) is 9.97 Å². The minimum atomic E-state index is -0.536. The number of rotatable bonds is 6. The largest absolute Gasteiger partial charge is 0.439 e. The normalized spacial score (nSPS) is 10.5. The zero-order valence-corrected chi connectivity index (χ0v) is 16.5. The number of ether oxygens (including phenoxy) is 1. The lowest BCUT2D eigenvalue weighted by molar-refractivity contribution is 0.0997. The molecule has 0 aliphatic heterocycles. The third-order valence-electron chi connectivity index (χ3n) is 3.84. The van der Waals surface area contributed by atoms with Gasteiger partial charge in [0.15, 0.2) is 0 Å². The van der Waals surface area contributed by atoms with E-state index in [1.807, 2.05) is 16.8 Å². The molecule has 0 saturated carbocycles. The Balaban J connectivity index is 1.41. The zero-order chi connectivity index (χ0) is 20.2. The van der Waals surface area contributed by atoms with Crippen LogP contribution in [0.1, 0.15) is 20.8 Å². The van der Waals surface area contributed by atoms with E-state index in [-0.39, 0.29) is 5.91 Å². The van der Waals surface area contributed by atoms with Gasteiger partial charge in [-0.15, -0.1) is 11.3 Å². The number of pyridine rings is 1. The highest BCUT2D eigenvalue weighted by Gasteiger charge is 2.13. The summed E-state index contributed by atoms with van der Waals surface area (Å²) in [5, 5.41) is 9.24. The summed E-state index contributed by atoms with van der Waals surface area (Å²) in [6, 6.07) is 11.7. The second kappa shape index (κ2) is 8.21. The molecule has 2 amide bonds. The van der Waals surface area contributed by atoms with Crippen molar-refractivity contribution >= 4 is 40.2 Å². The average Bonchev–Trinajstić information content (AvgIpc) is 3.41. The number of aromatic nitrogens is 2. The average molecular weight is 422 g/mol. The molecule has 4 aromatic rings. The van der Waals surface area contributed by atoms with Crippen molar-refractivity contribution in [1.29, 1.82) is 0 Å². The smallest absolute Gasteiger partial charge is 0.275 e. The van der Waals surface area contributed by atoms with E-state index in [0.717, 1.165) is 10.6 Å². The Labute approximate surface area is 173 Å². The maximum absolute atomic E-state index is 12.4. The highest BCUT2D eigenvalue weighted by molar-refractivity contribution is 7.14. The standard InChI is InChI=1S/C20H14N4O3S2/c21-18(25)12-2-1-3-15(8-12)27-17-5-4-14(9-22-17)23-19(26)16-11-29-20(24-16)13-6-7-28-10-13/h1-11H,(H2,21,25)(H,23,26). The van der Waals surface area contributed by atoms with Crippen LogP contribution in [0.25, 0.3) is 10.6 Å². The van der Waals surface area contributed by atoms with Crippen molar-refractivity contribution in [3.63, 3.8) is 0 Å². The minimum Gasteiger partial charge on any atom is -0.439 e. The molecule has 0 spiro atoms. The van der Waals surface area contributed by atoms with E-state index in [0.29, 0.717) is 28.6 Å². The van der Waals surface area contributed by atoms with Gasteiger partial charge >= 0.3 is 0 Å². The fourth-order valence-electron chi connectivity index (χ4n) is 2.44. The lowest BCUT2D eigenvalue weighted by Gasteiger charge is -2.07. The van der Waals surface area contributed by atoms with Crippen LogP contribution in [0.15, 0.2) is 64.8 Å². The Morgan fingerprint density at radius 3 is 2.72 bits per heavy atom. The molecule has 4 rings (SSSR count). The summed E-state index contributed by atoms with van der Waals surface area (Å²) >= 11 is 3.00. The van der Waals surface area contributed by atoms with Crippen molar-refractivity contribution in [2.75, 3.05) is 5.32 Å². The lowest BCUT2D eigenvalue weighted by atomic mass is 10.2. The molecular formula is C20H14N4O3S2. The highest BCUT2D eigenvalue weighted by Crippen LogP contribution is 2.26. The summed E-state index contributed by atoms with van der Waals surface area (Å²) in [5.41, 5.74) is 7.47. The maximum atomic E-state index is 12.4. The van der Waals surface area contributed by atoms with Gasteiger partial charge in [-0.3, -0.25) is 9.59 Å². The molecule has 0 aliphatic rings. The topological polar surface area (TPSA) is 107 Å². The number of carbonyl (C=O) groups is 2. The first kappa shape index (κ1) is 18.8. The number of anilines is 1. The molecule has 0 unspecified atom stereocenters. The Morgan fingerprint density at radius 2 is 2.00 bits per heavy atom. The number of thiophene rings is 1. The van der Waals surface area contributed by atoms with E-state index in [2.05, 4.69) is 15.3 Å². The first-order valence-electron chi connectivity index (χ1n) is 8.42. The predicted octanol–water partition coefficient (Wildman–Crippen LogP) is 4.41. The summed E-state index contributed by atoms with van der Waals surface area (Å²) < 4.78 is 5.62. The van der Waals surface area contributed by atoms with Crippen LogP contribution in [0.3, 0.4) is 0 Å². The fourth-order valence-corrected chi connectivity index (χ4v) is 3.95. The van der Waals surface area contributed by atoms with Crippen molar-refractivity contribution in [1.82, 2.24) is 9.97 Å². The summed E-state index contributed by atoms with van der Waals surface area (Å²) in [4.78, 5) is 32.2. The molecule has 0 fully saturated rings. The highest BCUT2D eigenvalue weighted by atomic mass is 32.1. The molecule has 144 valence electrons. The Morgan fingerprint density at radius 1 is 1.10 bits per heavy atom. The molecule has 9 heteroatoms. The van der Waals surface area contributed by atoms with Crippen LogP contribution in [0, 0.1) is 0 Å². The number of hydrogen-bond donors (Lipinski definition) is 2. The number of amides is 2. The van der Waals surface area contributed by atoms with Crippen molar-refractivity contribution in [2.24, 2.45) is 5.73 Å². The fraction of sp³-hybridized carbons (Fsp3) is 0. The molecule has 0 radical (unpaired) electrons. The van der Waals surface area contributed by atoms with Crippen LogP contribution in [0.4, 0.5) is 5.69 Å². The molecule has 3 N–H and O–H groups in total. The Kier molecular flexibility index (Phi) is 5.32. The SMILES string of the molecule is NC(=O)c1cccc(Oc2ccc(NC(=O)c3csc(-c4ccsc4)n3)cn2)c1. The second-order valence-corrected chi connectivity index (χ2v) is 7.52. The van der Waals surface area contributed by atoms with Gasteiger partial charge in [0.05, 0.1) is 11.9 Å². The van der Waals surface area contributed by atoms with Gasteiger partial charge in [0, 0.05) is 28.0 Å². The molecule has 0 saturated heterocycles. The third-order valence-corrected chi connectivity index (χ3v) is 5.41. The van der Waals surface area contributed by atoms with Crippen LogP contribution >= 0.6 is 22.7 Å². The van der Waals surface area contributed by atoms with E-state index < -0.39 is 5.91 Å². The number of nitrogens with two attached hydrogens (primary N) is 1. The summed E-state index contributed by atoms with van der Waals surface area (Å²) in [6.45, 7) is 0. The predicted molar refractivity (Wildman–Crippen MR) is 113 cm³/mol. The number of thiazole rings is 1. The van der Waals surface area contributed by atoms with Crippen molar-refractivity contribution in [3.05, 3.63) is 76.1 Å². The van der Waals surface area contributed by atoms with Gasteiger partial charge in [-0.2, -0.15) is 11.3 Å². The summed E-state index contributed by atoms with van der Waals surface area (Å²) in [6.07, 6.45) is 1.48. The zero-order valence-electron chi connectivity index (χ0n) is 14.9. The number of nitrogens with one attached hydrogen (secondary N) is 1.